The summed E-state index contributed by atoms with van der Waals surface area (Å²) >= 11 is 0. The maximum Gasteiger partial charge on any atom is 0.251 e. The predicted octanol–water partition coefficient (Wildman–Crippen LogP) is 3.25. The highest BCUT2D eigenvalue weighted by Gasteiger charge is 2.34. The number of likely N-dealkylation sites (tertiary alicyclic amines) is 1. The van der Waals surface area contributed by atoms with Gasteiger partial charge in [0.1, 0.15) is 30.3 Å². The molecule has 1 saturated carbocycles. The number of para-hydroxylation sites is 1. The van der Waals surface area contributed by atoms with E-state index in [-0.39, 0.29) is 18.1 Å². The highest BCUT2D eigenvalue weighted by molar-refractivity contribution is 5.94. The van der Waals surface area contributed by atoms with Gasteiger partial charge in [-0.3, -0.25) is 9.69 Å². The van der Waals surface area contributed by atoms with Crippen molar-refractivity contribution in [2.75, 3.05) is 26.2 Å². The van der Waals surface area contributed by atoms with Crippen LogP contribution in [-0.4, -0.2) is 60.4 Å². The number of aliphatic hydroxyl groups is 1. The number of benzene rings is 2. The maximum atomic E-state index is 12.8. The van der Waals surface area contributed by atoms with Crippen LogP contribution in [0.3, 0.4) is 0 Å². The first-order chi connectivity index (χ1) is 15.2. The van der Waals surface area contributed by atoms with E-state index >= 15 is 0 Å². The molecule has 1 saturated heterocycles. The third kappa shape index (κ3) is 5.99. The van der Waals surface area contributed by atoms with Gasteiger partial charge in [0, 0.05) is 12.1 Å². The first-order valence-corrected chi connectivity index (χ1v) is 11.3. The molecule has 2 N–H and O–H groups in total. The van der Waals surface area contributed by atoms with Gasteiger partial charge in [0.05, 0.1) is 6.04 Å². The van der Waals surface area contributed by atoms with Crippen LogP contribution in [-0.2, 0) is 0 Å². The van der Waals surface area contributed by atoms with Crippen LogP contribution in [0.15, 0.2) is 54.6 Å². The van der Waals surface area contributed by atoms with E-state index in [1.54, 1.807) is 12.1 Å². The summed E-state index contributed by atoms with van der Waals surface area (Å²) in [6.07, 6.45) is 3.83. The molecule has 0 radical (unpaired) electrons. The standard InChI is InChI=1S/C25H32N2O4/c28-24-22(12-7-13-23(24)31-20-9-2-1-3-10-20)26-25(29)19-8-6-11-21(18-19)30-17-16-27-14-4-5-15-27/h1-3,6,8-11,18,22-24,28H,4-5,7,12-17H2,(H,26,29)/t22-,23-,24-/m1/s1. The molecule has 31 heavy (non-hydrogen) atoms. The van der Waals surface area contributed by atoms with Crippen molar-refractivity contribution < 1.29 is 19.4 Å². The molecule has 2 aliphatic rings. The zero-order valence-corrected chi connectivity index (χ0v) is 17.9. The van der Waals surface area contributed by atoms with E-state index in [2.05, 4.69) is 10.2 Å². The van der Waals surface area contributed by atoms with Gasteiger partial charge < -0.3 is 19.9 Å². The summed E-state index contributed by atoms with van der Waals surface area (Å²) in [5.74, 6) is 1.23. The van der Waals surface area contributed by atoms with Crippen LogP contribution >= 0.6 is 0 Å². The van der Waals surface area contributed by atoms with Gasteiger partial charge in [0.25, 0.3) is 5.91 Å². The first-order valence-electron chi connectivity index (χ1n) is 11.3. The first kappa shape index (κ1) is 21.7. The van der Waals surface area contributed by atoms with Gasteiger partial charge in [-0.1, -0.05) is 24.3 Å². The second-order valence-electron chi connectivity index (χ2n) is 8.40. The fraction of sp³-hybridized carbons (Fsp3) is 0.480. The summed E-state index contributed by atoms with van der Waals surface area (Å²) in [4.78, 5) is 15.2. The largest absolute Gasteiger partial charge is 0.492 e. The predicted molar refractivity (Wildman–Crippen MR) is 120 cm³/mol. The monoisotopic (exact) mass is 424 g/mol. The Kier molecular flexibility index (Phi) is 7.43. The number of hydrogen-bond acceptors (Lipinski definition) is 5. The molecule has 0 aromatic heterocycles. The summed E-state index contributed by atoms with van der Waals surface area (Å²) < 4.78 is 11.8. The van der Waals surface area contributed by atoms with Crippen LogP contribution in [0.25, 0.3) is 0 Å². The van der Waals surface area contributed by atoms with Crippen LogP contribution in [0.5, 0.6) is 11.5 Å². The molecule has 1 amide bonds. The van der Waals surface area contributed by atoms with E-state index in [9.17, 15) is 9.90 Å². The number of rotatable bonds is 8. The summed E-state index contributed by atoms with van der Waals surface area (Å²) in [5, 5.41) is 13.8. The normalized spacial score (nSPS) is 24.0. The van der Waals surface area contributed by atoms with Gasteiger partial charge in [-0.2, -0.15) is 0 Å². The van der Waals surface area contributed by atoms with Crippen molar-refractivity contribution in [3.05, 3.63) is 60.2 Å². The molecular weight excluding hydrogens is 392 g/mol. The molecule has 2 aromatic carbocycles. The fourth-order valence-corrected chi connectivity index (χ4v) is 4.38. The Hall–Kier alpha value is -2.57. The molecule has 6 heteroatoms. The number of carbonyl (C=O) groups is 1. The molecule has 1 heterocycles. The third-order valence-electron chi connectivity index (χ3n) is 6.12. The SMILES string of the molecule is O=C(N[C@@H]1CCC[C@@H](Oc2ccccc2)[C@@H]1O)c1cccc(OCCN2CCCC2)c1. The Morgan fingerprint density at radius 3 is 2.58 bits per heavy atom. The molecule has 1 aliphatic heterocycles. The Balaban J connectivity index is 1.30. The second kappa shape index (κ2) is 10.6. The smallest absolute Gasteiger partial charge is 0.251 e. The van der Waals surface area contributed by atoms with Crippen molar-refractivity contribution in [3.63, 3.8) is 0 Å². The zero-order chi connectivity index (χ0) is 21.5. The summed E-state index contributed by atoms with van der Waals surface area (Å²) in [5.41, 5.74) is 0.539. The Morgan fingerprint density at radius 2 is 1.77 bits per heavy atom. The Bertz CT molecular complexity index is 838. The summed E-state index contributed by atoms with van der Waals surface area (Å²) in [7, 11) is 0. The number of ether oxygens (including phenoxy) is 2. The van der Waals surface area contributed by atoms with Crippen LogP contribution in [0.4, 0.5) is 0 Å². The van der Waals surface area contributed by atoms with Crippen molar-refractivity contribution in [2.24, 2.45) is 0 Å². The lowest BCUT2D eigenvalue weighted by molar-refractivity contribution is -0.0140. The third-order valence-corrected chi connectivity index (χ3v) is 6.12. The number of aliphatic hydroxyl groups excluding tert-OH is 1. The van der Waals surface area contributed by atoms with Gasteiger partial charge in [-0.15, -0.1) is 0 Å². The molecule has 6 nitrogen and oxygen atoms in total. The molecule has 0 spiro atoms. The van der Waals surface area contributed by atoms with Gasteiger partial charge >= 0.3 is 0 Å². The number of hydrogen-bond donors (Lipinski definition) is 2. The van der Waals surface area contributed by atoms with Crippen molar-refractivity contribution >= 4 is 5.91 Å². The van der Waals surface area contributed by atoms with Gasteiger partial charge in [0.2, 0.25) is 0 Å². The van der Waals surface area contributed by atoms with Crippen LogP contribution in [0.1, 0.15) is 42.5 Å². The molecule has 166 valence electrons. The molecular formula is C25H32N2O4. The highest BCUT2D eigenvalue weighted by atomic mass is 16.5. The van der Waals surface area contributed by atoms with Crippen molar-refractivity contribution in [1.29, 1.82) is 0 Å². The van der Waals surface area contributed by atoms with E-state index < -0.39 is 6.10 Å². The van der Waals surface area contributed by atoms with E-state index in [1.165, 1.54) is 12.8 Å². The minimum absolute atomic E-state index is 0.200. The van der Waals surface area contributed by atoms with E-state index in [1.807, 2.05) is 42.5 Å². The lowest BCUT2D eigenvalue weighted by atomic mass is 9.89. The molecule has 3 atom stereocenters. The number of amides is 1. The molecule has 0 unspecified atom stereocenters. The molecule has 2 fully saturated rings. The topological polar surface area (TPSA) is 71.0 Å². The average molecular weight is 425 g/mol. The van der Waals surface area contributed by atoms with E-state index in [0.717, 1.165) is 44.6 Å². The highest BCUT2D eigenvalue weighted by Crippen LogP contribution is 2.25. The minimum Gasteiger partial charge on any atom is -0.492 e. The lowest BCUT2D eigenvalue weighted by Gasteiger charge is -2.35. The van der Waals surface area contributed by atoms with Gasteiger partial charge in [-0.05, 0) is 75.5 Å². The molecule has 0 bridgehead atoms. The number of carbonyl (C=O) groups excluding carboxylic acids is 1. The lowest BCUT2D eigenvalue weighted by Crippen LogP contribution is -2.52. The Morgan fingerprint density at radius 1 is 1.00 bits per heavy atom. The zero-order valence-electron chi connectivity index (χ0n) is 17.9. The molecule has 2 aromatic rings. The van der Waals surface area contributed by atoms with Crippen LogP contribution in [0.2, 0.25) is 0 Å². The van der Waals surface area contributed by atoms with Crippen LogP contribution < -0.4 is 14.8 Å². The van der Waals surface area contributed by atoms with Crippen molar-refractivity contribution in [2.45, 2.75) is 50.4 Å². The van der Waals surface area contributed by atoms with E-state index in [0.29, 0.717) is 17.9 Å². The number of nitrogens with one attached hydrogen (secondary N) is 1. The van der Waals surface area contributed by atoms with Gasteiger partial charge in [0.15, 0.2) is 0 Å². The van der Waals surface area contributed by atoms with Crippen LogP contribution in [0, 0.1) is 0 Å². The molecule has 1 aliphatic carbocycles. The minimum atomic E-state index is -0.752. The summed E-state index contributed by atoms with van der Waals surface area (Å²) in [6, 6.07) is 16.4. The van der Waals surface area contributed by atoms with Crippen molar-refractivity contribution in [3.8, 4) is 11.5 Å². The Labute approximate surface area is 184 Å². The average Bonchev–Trinajstić information content (AvgIpc) is 3.31. The van der Waals surface area contributed by atoms with Gasteiger partial charge in [-0.25, -0.2) is 0 Å². The molecule has 4 rings (SSSR count). The number of nitrogens with zero attached hydrogens (tertiary/aromatic N) is 1. The van der Waals surface area contributed by atoms with Crippen molar-refractivity contribution in [1.82, 2.24) is 10.2 Å². The van der Waals surface area contributed by atoms with E-state index in [4.69, 9.17) is 9.47 Å². The quantitative estimate of drug-likeness (QED) is 0.681. The second-order valence-corrected chi connectivity index (χ2v) is 8.40. The fourth-order valence-electron chi connectivity index (χ4n) is 4.38. The maximum absolute atomic E-state index is 12.8. The summed E-state index contributed by atoms with van der Waals surface area (Å²) in [6.45, 7) is 3.81.